The molecule has 1 aromatic heterocycles. The SMILES string of the molecule is NNc1ccc(C(=O)NCCC2CCCO2)nn1. The predicted octanol–water partition coefficient (Wildman–Crippen LogP) is 0.0611. The second-order valence-corrected chi connectivity index (χ2v) is 4.13. The zero-order valence-corrected chi connectivity index (χ0v) is 10.1. The molecule has 1 unspecified atom stereocenters. The van der Waals surface area contributed by atoms with E-state index in [1.807, 2.05) is 0 Å². The fourth-order valence-electron chi connectivity index (χ4n) is 1.84. The monoisotopic (exact) mass is 251 g/mol. The number of nitrogens with one attached hydrogen (secondary N) is 2. The first-order valence-corrected chi connectivity index (χ1v) is 6.00. The van der Waals surface area contributed by atoms with Crippen molar-refractivity contribution in [3.05, 3.63) is 17.8 Å². The van der Waals surface area contributed by atoms with Crippen LogP contribution in [0.1, 0.15) is 29.8 Å². The smallest absolute Gasteiger partial charge is 0.271 e. The minimum Gasteiger partial charge on any atom is -0.378 e. The van der Waals surface area contributed by atoms with Gasteiger partial charge < -0.3 is 15.5 Å². The first-order chi connectivity index (χ1) is 8.79. The van der Waals surface area contributed by atoms with E-state index in [9.17, 15) is 4.79 Å². The molecule has 2 heterocycles. The Labute approximate surface area is 105 Å². The molecule has 7 heteroatoms. The molecule has 1 saturated heterocycles. The Hall–Kier alpha value is -1.73. The third-order valence-electron chi connectivity index (χ3n) is 2.82. The number of hydrogen-bond donors (Lipinski definition) is 3. The van der Waals surface area contributed by atoms with E-state index in [0.717, 1.165) is 25.9 Å². The number of aromatic nitrogens is 2. The molecule has 0 spiro atoms. The molecule has 1 aliphatic heterocycles. The molecular weight excluding hydrogens is 234 g/mol. The number of hydrazine groups is 1. The Bertz CT molecular complexity index is 389. The van der Waals surface area contributed by atoms with Crippen LogP contribution >= 0.6 is 0 Å². The quantitative estimate of drug-likeness (QED) is 0.505. The zero-order chi connectivity index (χ0) is 12.8. The molecule has 2 rings (SSSR count). The average molecular weight is 251 g/mol. The van der Waals surface area contributed by atoms with Gasteiger partial charge in [-0.1, -0.05) is 0 Å². The van der Waals surface area contributed by atoms with E-state index in [0.29, 0.717) is 12.4 Å². The van der Waals surface area contributed by atoms with E-state index >= 15 is 0 Å². The van der Waals surface area contributed by atoms with Crippen LogP contribution in [0, 0.1) is 0 Å². The van der Waals surface area contributed by atoms with Crippen LogP contribution in [0.2, 0.25) is 0 Å². The van der Waals surface area contributed by atoms with Crippen molar-refractivity contribution in [3.8, 4) is 0 Å². The van der Waals surface area contributed by atoms with Crippen molar-refractivity contribution < 1.29 is 9.53 Å². The van der Waals surface area contributed by atoms with Crippen molar-refractivity contribution in [2.45, 2.75) is 25.4 Å². The minimum atomic E-state index is -0.232. The molecule has 1 fully saturated rings. The van der Waals surface area contributed by atoms with Gasteiger partial charge in [-0.2, -0.15) is 0 Å². The van der Waals surface area contributed by atoms with Gasteiger partial charge in [0.25, 0.3) is 5.91 Å². The molecule has 7 nitrogen and oxygen atoms in total. The van der Waals surface area contributed by atoms with E-state index in [-0.39, 0.29) is 17.7 Å². The van der Waals surface area contributed by atoms with Crippen LogP contribution in [0.15, 0.2) is 12.1 Å². The standard InChI is InChI=1S/C11H17N5O2/c12-14-10-4-3-9(15-16-10)11(17)13-6-5-8-2-1-7-18-8/h3-4,8H,1-2,5-7,12H2,(H,13,17)(H,14,16). The van der Waals surface area contributed by atoms with Gasteiger partial charge in [-0.15, -0.1) is 10.2 Å². The third kappa shape index (κ3) is 3.38. The summed E-state index contributed by atoms with van der Waals surface area (Å²) < 4.78 is 5.47. The molecule has 0 aliphatic carbocycles. The van der Waals surface area contributed by atoms with E-state index in [1.54, 1.807) is 12.1 Å². The highest BCUT2D eigenvalue weighted by Crippen LogP contribution is 2.14. The fraction of sp³-hybridized carbons (Fsp3) is 0.545. The average Bonchev–Trinajstić information content (AvgIpc) is 2.92. The van der Waals surface area contributed by atoms with Gasteiger partial charge in [0.05, 0.1) is 6.10 Å². The first-order valence-electron chi connectivity index (χ1n) is 6.00. The normalized spacial score (nSPS) is 18.6. The molecule has 1 aliphatic rings. The Morgan fingerprint density at radius 2 is 2.39 bits per heavy atom. The van der Waals surface area contributed by atoms with Crippen LogP contribution in [0.3, 0.4) is 0 Å². The van der Waals surface area contributed by atoms with Crippen LogP contribution < -0.4 is 16.6 Å². The number of rotatable bonds is 5. The second kappa shape index (κ2) is 6.27. The second-order valence-electron chi connectivity index (χ2n) is 4.13. The topological polar surface area (TPSA) is 102 Å². The Morgan fingerprint density at radius 3 is 3.00 bits per heavy atom. The zero-order valence-electron chi connectivity index (χ0n) is 10.1. The number of nitrogens with zero attached hydrogens (tertiary/aromatic N) is 2. The maximum absolute atomic E-state index is 11.7. The summed E-state index contributed by atoms with van der Waals surface area (Å²) >= 11 is 0. The predicted molar refractivity (Wildman–Crippen MR) is 65.8 cm³/mol. The van der Waals surface area contributed by atoms with Gasteiger partial charge >= 0.3 is 0 Å². The highest BCUT2D eigenvalue weighted by molar-refractivity contribution is 5.92. The molecule has 1 aromatic rings. The third-order valence-corrected chi connectivity index (χ3v) is 2.82. The summed E-state index contributed by atoms with van der Waals surface area (Å²) in [4.78, 5) is 11.7. The van der Waals surface area contributed by atoms with E-state index in [2.05, 4.69) is 20.9 Å². The van der Waals surface area contributed by atoms with Gasteiger partial charge in [-0.05, 0) is 31.4 Å². The lowest BCUT2D eigenvalue weighted by Gasteiger charge is -2.09. The molecular formula is C11H17N5O2. The number of carbonyl (C=O) groups is 1. The van der Waals surface area contributed by atoms with Crippen molar-refractivity contribution in [2.75, 3.05) is 18.6 Å². The van der Waals surface area contributed by atoms with Crippen LogP contribution in [-0.4, -0.2) is 35.4 Å². The van der Waals surface area contributed by atoms with Gasteiger partial charge in [0, 0.05) is 13.2 Å². The summed E-state index contributed by atoms with van der Waals surface area (Å²) in [5.74, 6) is 5.35. The number of amides is 1. The van der Waals surface area contributed by atoms with Crippen LogP contribution in [0.4, 0.5) is 5.82 Å². The minimum absolute atomic E-state index is 0.232. The van der Waals surface area contributed by atoms with Gasteiger partial charge in [0.2, 0.25) is 0 Å². The maximum Gasteiger partial charge on any atom is 0.271 e. The molecule has 4 N–H and O–H groups in total. The maximum atomic E-state index is 11.7. The van der Waals surface area contributed by atoms with Crippen LogP contribution in [0.25, 0.3) is 0 Å². The Morgan fingerprint density at radius 1 is 1.50 bits per heavy atom. The first kappa shape index (κ1) is 12.7. The molecule has 0 radical (unpaired) electrons. The lowest BCUT2D eigenvalue weighted by molar-refractivity contribution is 0.0902. The number of anilines is 1. The molecule has 1 amide bonds. The van der Waals surface area contributed by atoms with Crippen molar-refractivity contribution in [2.24, 2.45) is 5.84 Å². The summed E-state index contributed by atoms with van der Waals surface area (Å²) in [5, 5.41) is 10.3. The van der Waals surface area contributed by atoms with E-state index < -0.39 is 0 Å². The van der Waals surface area contributed by atoms with Crippen molar-refractivity contribution in [3.63, 3.8) is 0 Å². The molecule has 1 atom stereocenters. The molecule has 0 aromatic carbocycles. The summed E-state index contributed by atoms with van der Waals surface area (Å²) in [7, 11) is 0. The highest BCUT2D eigenvalue weighted by Gasteiger charge is 2.15. The van der Waals surface area contributed by atoms with Gasteiger partial charge in [0.1, 0.15) is 0 Å². The highest BCUT2D eigenvalue weighted by atomic mass is 16.5. The number of nitrogen functional groups attached to an aromatic ring is 1. The number of carbonyl (C=O) groups excluding carboxylic acids is 1. The number of ether oxygens (including phenoxy) is 1. The summed E-state index contributed by atoms with van der Waals surface area (Å²) in [6.07, 6.45) is 3.30. The number of hydrogen-bond acceptors (Lipinski definition) is 6. The number of nitrogens with two attached hydrogens (primary N) is 1. The van der Waals surface area contributed by atoms with Crippen LogP contribution in [-0.2, 0) is 4.74 Å². The van der Waals surface area contributed by atoms with Crippen molar-refractivity contribution in [1.29, 1.82) is 0 Å². The summed E-state index contributed by atoms with van der Waals surface area (Å²) in [5.41, 5.74) is 2.63. The lowest BCUT2D eigenvalue weighted by atomic mass is 10.2. The van der Waals surface area contributed by atoms with Crippen LogP contribution in [0.5, 0.6) is 0 Å². The molecule has 98 valence electrons. The Balaban J connectivity index is 1.76. The van der Waals surface area contributed by atoms with Gasteiger partial charge in [-0.25, -0.2) is 5.84 Å². The summed E-state index contributed by atoms with van der Waals surface area (Å²) in [6.45, 7) is 1.42. The molecule has 0 bridgehead atoms. The van der Waals surface area contributed by atoms with Crippen molar-refractivity contribution in [1.82, 2.24) is 15.5 Å². The van der Waals surface area contributed by atoms with Gasteiger partial charge in [0.15, 0.2) is 11.5 Å². The largest absolute Gasteiger partial charge is 0.378 e. The summed E-state index contributed by atoms with van der Waals surface area (Å²) in [6, 6.07) is 3.17. The fourth-order valence-corrected chi connectivity index (χ4v) is 1.84. The van der Waals surface area contributed by atoms with E-state index in [4.69, 9.17) is 10.6 Å². The molecule has 0 saturated carbocycles. The Kier molecular flexibility index (Phi) is 4.43. The van der Waals surface area contributed by atoms with Gasteiger partial charge in [-0.3, -0.25) is 4.79 Å². The molecule has 18 heavy (non-hydrogen) atoms. The van der Waals surface area contributed by atoms with E-state index in [1.165, 1.54) is 0 Å². The lowest BCUT2D eigenvalue weighted by Crippen LogP contribution is -2.28. The van der Waals surface area contributed by atoms with Crippen molar-refractivity contribution >= 4 is 11.7 Å².